The third kappa shape index (κ3) is 3.19. The van der Waals surface area contributed by atoms with E-state index in [1.807, 2.05) is 0 Å². The zero-order chi connectivity index (χ0) is 17.3. The SMILES string of the molecule is CC(=O)Nc1cccc(-c2nc(N)sc2-c2ccnc(Cl)n2)c1F. The van der Waals surface area contributed by atoms with Gasteiger partial charge in [-0.25, -0.2) is 19.3 Å². The number of carbonyl (C=O) groups is 1. The molecule has 3 N–H and O–H groups in total. The second-order valence-corrected chi connectivity index (χ2v) is 6.16. The monoisotopic (exact) mass is 363 g/mol. The fraction of sp³-hybridized carbons (Fsp3) is 0.0667. The lowest BCUT2D eigenvalue weighted by atomic mass is 10.1. The van der Waals surface area contributed by atoms with E-state index in [0.29, 0.717) is 16.3 Å². The van der Waals surface area contributed by atoms with Crippen LogP contribution in [0.15, 0.2) is 30.5 Å². The number of carbonyl (C=O) groups excluding carboxylic acids is 1. The Bertz CT molecular complexity index is 930. The van der Waals surface area contributed by atoms with Gasteiger partial charge >= 0.3 is 0 Å². The molecule has 0 fully saturated rings. The van der Waals surface area contributed by atoms with Gasteiger partial charge in [0.15, 0.2) is 10.9 Å². The summed E-state index contributed by atoms with van der Waals surface area (Å²) in [5.74, 6) is -0.967. The van der Waals surface area contributed by atoms with Gasteiger partial charge in [0.1, 0.15) is 0 Å². The van der Waals surface area contributed by atoms with Crippen LogP contribution in [0.1, 0.15) is 6.92 Å². The normalized spacial score (nSPS) is 10.6. The quantitative estimate of drug-likeness (QED) is 0.693. The first kappa shape index (κ1) is 16.3. The van der Waals surface area contributed by atoms with Crippen molar-refractivity contribution in [3.05, 3.63) is 41.6 Å². The van der Waals surface area contributed by atoms with Crippen molar-refractivity contribution in [3.63, 3.8) is 0 Å². The van der Waals surface area contributed by atoms with Crippen LogP contribution in [-0.4, -0.2) is 20.9 Å². The molecule has 3 rings (SSSR count). The fourth-order valence-corrected chi connectivity index (χ4v) is 3.12. The average molecular weight is 364 g/mol. The lowest BCUT2D eigenvalue weighted by Crippen LogP contribution is -2.08. The Morgan fingerprint density at radius 1 is 1.33 bits per heavy atom. The molecule has 122 valence electrons. The van der Waals surface area contributed by atoms with Crippen LogP contribution in [0.4, 0.5) is 15.2 Å². The molecule has 1 amide bonds. The van der Waals surface area contributed by atoms with Crippen LogP contribution in [0.25, 0.3) is 21.8 Å². The van der Waals surface area contributed by atoms with Crippen molar-refractivity contribution in [1.29, 1.82) is 0 Å². The van der Waals surface area contributed by atoms with Gasteiger partial charge in [-0.15, -0.1) is 0 Å². The number of aromatic nitrogens is 3. The van der Waals surface area contributed by atoms with Crippen molar-refractivity contribution >= 4 is 39.7 Å². The van der Waals surface area contributed by atoms with Crippen molar-refractivity contribution in [2.24, 2.45) is 0 Å². The second kappa shape index (κ2) is 6.50. The third-order valence-electron chi connectivity index (χ3n) is 3.07. The van der Waals surface area contributed by atoms with Gasteiger partial charge in [-0.3, -0.25) is 4.79 Å². The van der Waals surface area contributed by atoms with Crippen LogP contribution in [0, 0.1) is 5.82 Å². The molecule has 0 aliphatic heterocycles. The molecule has 0 saturated heterocycles. The number of nitrogens with two attached hydrogens (primary N) is 1. The Morgan fingerprint density at radius 3 is 2.83 bits per heavy atom. The lowest BCUT2D eigenvalue weighted by Gasteiger charge is -2.08. The van der Waals surface area contributed by atoms with Crippen LogP contribution in [-0.2, 0) is 4.79 Å². The molecule has 0 aliphatic rings. The van der Waals surface area contributed by atoms with Gasteiger partial charge in [-0.2, -0.15) is 0 Å². The van der Waals surface area contributed by atoms with E-state index >= 15 is 0 Å². The number of halogens is 2. The highest BCUT2D eigenvalue weighted by atomic mass is 35.5. The Balaban J connectivity index is 2.16. The Hall–Kier alpha value is -2.58. The molecule has 0 radical (unpaired) electrons. The number of thiazole rings is 1. The highest BCUT2D eigenvalue weighted by Crippen LogP contribution is 2.39. The highest BCUT2D eigenvalue weighted by Gasteiger charge is 2.20. The second-order valence-electron chi connectivity index (χ2n) is 4.79. The van der Waals surface area contributed by atoms with Gasteiger partial charge in [0, 0.05) is 18.7 Å². The summed E-state index contributed by atoms with van der Waals surface area (Å²) in [5.41, 5.74) is 6.89. The summed E-state index contributed by atoms with van der Waals surface area (Å²) in [6.07, 6.45) is 1.49. The van der Waals surface area contributed by atoms with Crippen LogP contribution >= 0.6 is 22.9 Å². The van der Waals surface area contributed by atoms with Gasteiger partial charge in [-0.05, 0) is 29.8 Å². The van der Waals surface area contributed by atoms with E-state index in [2.05, 4.69) is 20.3 Å². The van der Waals surface area contributed by atoms with Crippen LogP contribution in [0.2, 0.25) is 5.28 Å². The maximum absolute atomic E-state index is 14.8. The molecule has 6 nitrogen and oxygen atoms in total. The van der Waals surface area contributed by atoms with E-state index in [1.54, 1.807) is 18.2 Å². The first-order chi connectivity index (χ1) is 11.5. The third-order valence-corrected chi connectivity index (χ3v) is 4.16. The number of hydrogen-bond acceptors (Lipinski definition) is 6. The van der Waals surface area contributed by atoms with Crippen molar-refractivity contribution in [1.82, 2.24) is 15.0 Å². The van der Waals surface area contributed by atoms with Crippen molar-refractivity contribution < 1.29 is 9.18 Å². The zero-order valence-corrected chi connectivity index (χ0v) is 14.0. The van der Waals surface area contributed by atoms with Gasteiger partial charge in [-0.1, -0.05) is 17.4 Å². The molecule has 2 aromatic heterocycles. The van der Waals surface area contributed by atoms with Crippen LogP contribution in [0.5, 0.6) is 0 Å². The number of anilines is 2. The summed E-state index contributed by atoms with van der Waals surface area (Å²) in [6, 6.07) is 6.28. The molecular formula is C15H11ClFN5OS. The minimum absolute atomic E-state index is 0.0675. The number of nitrogen functional groups attached to an aromatic ring is 1. The minimum atomic E-state index is -0.598. The van der Waals surface area contributed by atoms with Gasteiger partial charge in [0.05, 0.1) is 22.0 Å². The molecule has 0 unspecified atom stereocenters. The van der Waals surface area contributed by atoms with E-state index < -0.39 is 5.82 Å². The molecule has 9 heteroatoms. The molecule has 0 aliphatic carbocycles. The number of amides is 1. The molecule has 0 bridgehead atoms. The summed E-state index contributed by atoms with van der Waals surface area (Å²) in [5, 5.41) is 2.77. The van der Waals surface area contributed by atoms with Gasteiger partial charge < -0.3 is 11.1 Å². The fourth-order valence-electron chi connectivity index (χ4n) is 2.16. The Labute approximate surface area is 145 Å². The van der Waals surface area contributed by atoms with Gasteiger partial charge in [0.2, 0.25) is 11.2 Å². The Kier molecular flexibility index (Phi) is 4.41. The smallest absolute Gasteiger partial charge is 0.222 e. The van der Waals surface area contributed by atoms with Crippen molar-refractivity contribution in [2.45, 2.75) is 6.92 Å². The highest BCUT2D eigenvalue weighted by molar-refractivity contribution is 7.19. The number of nitrogens with one attached hydrogen (secondary N) is 1. The van der Waals surface area contributed by atoms with Crippen molar-refractivity contribution in [2.75, 3.05) is 11.1 Å². The number of benzene rings is 1. The standard InChI is InChI=1S/C15H11ClFN5OS/c1-7(23)20-9-4-2-3-8(11(9)17)12-13(24-15(18)22-12)10-5-6-19-14(16)21-10/h2-6H,1H3,(H2,18,22)(H,20,23). The molecule has 0 saturated carbocycles. The zero-order valence-electron chi connectivity index (χ0n) is 12.4. The number of hydrogen-bond donors (Lipinski definition) is 2. The first-order valence-corrected chi connectivity index (χ1v) is 7.97. The lowest BCUT2D eigenvalue weighted by molar-refractivity contribution is -0.114. The van der Waals surface area contributed by atoms with E-state index in [9.17, 15) is 9.18 Å². The largest absolute Gasteiger partial charge is 0.375 e. The molecule has 0 atom stereocenters. The molecule has 1 aromatic carbocycles. The summed E-state index contributed by atoms with van der Waals surface area (Å²) in [7, 11) is 0. The molecule has 0 spiro atoms. The minimum Gasteiger partial charge on any atom is -0.375 e. The van der Waals surface area contributed by atoms with Gasteiger partial charge in [0.25, 0.3) is 0 Å². The van der Waals surface area contributed by atoms with E-state index in [4.69, 9.17) is 17.3 Å². The molecular weight excluding hydrogens is 353 g/mol. The van der Waals surface area contributed by atoms with E-state index in [-0.39, 0.29) is 27.6 Å². The molecule has 2 heterocycles. The summed E-state index contributed by atoms with van der Waals surface area (Å²) in [6.45, 7) is 1.31. The number of rotatable bonds is 3. The van der Waals surface area contributed by atoms with Crippen LogP contribution < -0.4 is 11.1 Å². The maximum atomic E-state index is 14.8. The van der Waals surface area contributed by atoms with Crippen LogP contribution in [0.3, 0.4) is 0 Å². The topological polar surface area (TPSA) is 93.8 Å². The average Bonchev–Trinajstić information content (AvgIpc) is 2.91. The molecule has 24 heavy (non-hydrogen) atoms. The Morgan fingerprint density at radius 2 is 2.12 bits per heavy atom. The molecule has 3 aromatic rings. The maximum Gasteiger partial charge on any atom is 0.222 e. The van der Waals surface area contributed by atoms with E-state index in [1.165, 1.54) is 19.2 Å². The summed E-state index contributed by atoms with van der Waals surface area (Å²) >= 11 is 6.99. The first-order valence-electron chi connectivity index (χ1n) is 6.77. The van der Waals surface area contributed by atoms with E-state index in [0.717, 1.165) is 11.3 Å². The summed E-state index contributed by atoms with van der Waals surface area (Å²) < 4.78 is 14.8. The number of nitrogens with zero attached hydrogens (tertiary/aromatic N) is 3. The van der Waals surface area contributed by atoms with Crippen molar-refractivity contribution in [3.8, 4) is 21.8 Å². The summed E-state index contributed by atoms with van der Waals surface area (Å²) in [4.78, 5) is 23.9. The predicted molar refractivity (Wildman–Crippen MR) is 92.3 cm³/mol. The predicted octanol–water partition coefficient (Wildman–Crippen LogP) is 3.60.